The smallest absolute Gasteiger partial charge is 0.314 e. The molecule has 0 aliphatic heterocycles. The Kier molecular flexibility index (Phi) is 1.57. The average Bonchev–Trinajstić information content (AvgIpc) is 2.67. The normalized spacial score (nSPS) is 22.0. The van der Waals surface area contributed by atoms with Crippen LogP contribution >= 0.6 is 11.3 Å². The summed E-state index contributed by atoms with van der Waals surface area (Å²) >= 11 is 1.74. The molecule has 2 nitrogen and oxygen atoms in total. The molecule has 2 aliphatic carbocycles. The Bertz CT molecular complexity index is 380. The predicted molar refractivity (Wildman–Crippen MR) is 54.9 cm³/mol. The van der Waals surface area contributed by atoms with Crippen LogP contribution in [0.5, 0.6) is 0 Å². The van der Waals surface area contributed by atoms with Crippen LogP contribution in [0.1, 0.15) is 34.6 Å². The van der Waals surface area contributed by atoms with Gasteiger partial charge in [0.05, 0.1) is 0 Å². The molecule has 3 heteroatoms. The van der Waals surface area contributed by atoms with Gasteiger partial charge in [0.1, 0.15) is 5.41 Å². The zero-order valence-corrected chi connectivity index (χ0v) is 8.69. The van der Waals surface area contributed by atoms with Gasteiger partial charge in [0, 0.05) is 9.75 Å². The number of fused-ring (bicyclic) bond motifs is 1. The molecule has 0 bridgehead atoms. The Morgan fingerprint density at radius 1 is 1.43 bits per heavy atom. The molecule has 0 unspecified atom stereocenters. The molecule has 0 radical (unpaired) electrons. The van der Waals surface area contributed by atoms with Gasteiger partial charge < -0.3 is 5.11 Å². The van der Waals surface area contributed by atoms with Crippen molar-refractivity contribution >= 4 is 17.3 Å². The van der Waals surface area contributed by atoms with Crippen molar-refractivity contribution in [2.75, 3.05) is 0 Å². The lowest BCUT2D eigenvalue weighted by Crippen LogP contribution is -2.17. The molecule has 1 heterocycles. The van der Waals surface area contributed by atoms with E-state index >= 15 is 0 Å². The van der Waals surface area contributed by atoms with Crippen molar-refractivity contribution in [1.29, 1.82) is 0 Å². The number of hydrogen-bond donors (Lipinski definition) is 1. The van der Waals surface area contributed by atoms with Crippen molar-refractivity contribution in [3.63, 3.8) is 0 Å². The summed E-state index contributed by atoms with van der Waals surface area (Å²) < 4.78 is 0. The van der Waals surface area contributed by atoms with E-state index < -0.39 is 11.4 Å². The maximum atomic E-state index is 11.1. The molecule has 14 heavy (non-hydrogen) atoms. The SMILES string of the molecule is O=C(O)C1(c2cc3c(s2)CCC3)CC1. The molecule has 74 valence electrons. The number of rotatable bonds is 2. The molecule has 1 fully saturated rings. The van der Waals surface area contributed by atoms with Gasteiger partial charge in [-0.15, -0.1) is 11.3 Å². The van der Waals surface area contributed by atoms with Crippen LogP contribution in [-0.2, 0) is 23.1 Å². The Morgan fingerprint density at radius 3 is 2.79 bits per heavy atom. The molecule has 0 atom stereocenters. The number of carboxylic acid groups (broad SMARTS) is 1. The molecule has 2 aliphatic rings. The van der Waals surface area contributed by atoms with Crippen LogP contribution in [0, 0.1) is 0 Å². The van der Waals surface area contributed by atoms with Gasteiger partial charge in [-0.1, -0.05) is 0 Å². The monoisotopic (exact) mass is 208 g/mol. The first kappa shape index (κ1) is 8.48. The summed E-state index contributed by atoms with van der Waals surface area (Å²) in [6.07, 6.45) is 5.24. The van der Waals surface area contributed by atoms with Gasteiger partial charge >= 0.3 is 5.97 Å². The second-order valence-electron chi connectivity index (χ2n) is 4.30. The predicted octanol–water partition coefficient (Wildman–Crippen LogP) is 2.35. The van der Waals surface area contributed by atoms with Crippen molar-refractivity contribution in [3.05, 3.63) is 21.4 Å². The Balaban J connectivity index is 2.01. The quantitative estimate of drug-likeness (QED) is 0.810. The van der Waals surface area contributed by atoms with Gasteiger partial charge in [-0.2, -0.15) is 0 Å². The fraction of sp³-hybridized carbons (Fsp3) is 0.545. The van der Waals surface area contributed by atoms with Crippen molar-refractivity contribution < 1.29 is 9.90 Å². The average molecular weight is 208 g/mol. The van der Waals surface area contributed by atoms with Crippen molar-refractivity contribution in [2.24, 2.45) is 0 Å². The van der Waals surface area contributed by atoms with E-state index in [0.29, 0.717) is 0 Å². The van der Waals surface area contributed by atoms with Crippen molar-refractivity contribution in [3.8, 4) is 0 Å². The van der Waals surface area contributed by atoms with Crippen LogP contribution in [0.2, 0.25) is 0 Å². The minimum Gasteiger partial charge on any atom is -0.481 e. The lowest BCUT2D eigenvalue weighted by atomic mass is 10.0. The Hall–Kier alpha value is -0.830. The summed E-state index contributed by atoms with van der Waals surface area (Å²) in [6.45, 7) is 0. The summed E-state index contributed by atoms with van der Waals surface area (Å²) in [5.74, 6) is -0.627. The number of aryl methyl sites for hydroxylation is 2. The summed E-state index contributed by atoms with van der Waals surface area (Å²) in [5.41, 5.74) is 0.937. The highest BCUT2D eigenvalue weighted by molar-refractivity contribution is 7.12. The van der Waals surface area contributed by atoms with Crippen LogP contribution in [0.4, 0.5) is 0 Å². The second-order valence-corrected chi connectivity index (χ2v) is 5.44. The Morgan fingerprint density at radius 2 is 2.21 bits per heavy atom. The van der Waals surface area contributed by atoms with Gasteiger partial charge in [-0.3, -0.25) is 4.79 Å². The summed E-state index contributed by atoms with van der Waals surface area (Å²) in [6, 6.07) is 2.15. The van der Waals surface area contributed by atoms with Crippen LogP contribution in [0.15, 0.2) is 6.07 Å². The lowest BCUT2D eigenvalue weighted by Gasteiger charge is -2.05. The zero-order chi connectivity index (χ0) is 9.76. The molecule has 1 N–H and O–H groups in total. The van der Waals surface area contributed by atoms with Crippen LogP contribution in [0.25, 0.3) is 0 Å². The third kappa shape index (κ3) is 0.989. The fourth-order valence-corrected chi connectivity index (χ4v) is 3.75. The molecule has 0 amide bonds. The van der Waals surface area contributed by atoms with Gasteiger partial charge in [0.25, 0.3) is 0 Å². The lowest BCUT2D eigenvalue weighted by molar-refractivity contribution is -0.139. The van der Waals surface area contributed by atoms with Crippen molar-refractivity contribution in [2.45, 2.75) is 37.5 Å². The van der Waals surface area contributed by atoms with E-state index in [0.717, 1.165) is 30.6 Å². The molecular weight excluding hydrogens is 196 g/mol. The van der Waals surface area contributed by atoms with E-state index in [1.807, 2.05) is 0 Å². The van der Waals surface area contributed by atoms with E-state index in [-0.39, 0.29) is 0 Å². The van der Waals surface area contributed by atoms with Crippen LogP contribution in [0.3, 0.4) is 0 Å². The Labute approximate surface area is 86.6 Å². The topological polar surface area (TPSA) is 37.3 Å². The molecule has 1 aromatic heterocycles. The second kappa shape index (κ2) is 2.60. The maximum absolute atomic E-state index is 11.1. The largest absolute Gasteiger partial charge is 0.481 e. The van der Waals surface area contributed by atoms with E-state index in [4.69, 9.17) is 5.11 Å². The highest BCUT2D eigenvalue weighted by Crippen LogP contribution is 2.52. The van der Waals surface area contributed by atoms with E-state index in [1.165, 1.54) is 16.9 Å². The van der Waals surface area contributed by atoms with Gasteiger partial charge in [0.15, 0.2) is 0 Å². The highest BCUT2D eigenvalue weighted by Gasteiger charge is 2.53. The number of carbonyl (C=O) groups is 1. The standard InChI is InChI=1S/C11H12O2S/c12-10(13)11(4-5-11)9-6-7-2-1-3-8(7)14-9/h6H,1-5H2,(H,12,13). The molecule has 1 aromatic rings. The van der Waals surface area contributed by atoms with E-state index in [9.17, 15) is 4.79 Å². The molecular formula is C11H12O2S. The third-order valence-corrected chi connectivity index (χ3v) is 4.82. The van der Waals surface area contributed by atoms with Crippen LogP contribution in [-0.4, -0.2) is 11.1 Å². The number of aliphatic carboxylic acids is 1. The fourth-order valence-electron chi connectivity index (χ4n) is 2.26. The summed E-state index contributed by atoms with van der Waals surface area (Å²) in [4.78, 5) is 13.7. The van der Waals surface area contributed by atoms with Gasteiger partial charge in [0.2, 0.25) is 0 Å². The molecule has 3 rings (SSSR count). The molecule has 0 saturated heterocycles. The van der Waals surface area contributed by atoms with Gasteiger partial charge in [-0.25, -0.2) is 0 Å². The number of carboxylic acids is 1. The van der Waals surface area contributed by atoms with E-state index in [2.05, 4.69) is 6.07 Å². The first-order valence-electron chi connectivity index (χ1n) is 5.08. The number of hydrogen-bond acceptors (Lipinski definition) is 2. The minimum atomic E-state index is -0.627. The highest BCUT2D eigenvalue weighted by atomic mass is 32.1. The first-order valence-corrected chi connectivity index (χ1v) is 5.89. The van der Waals surface area contributed by atoms with E-state index in [1.54, 1.807) is 11.3 Å². The molecule has 0 spiro atoms. The van der Waals surface area contributed by atoms with Crippen LogP contribution < -0.4 is 0 Å². The maximum Gasteiger partial charge on any atom is 0.314 e. The summed E-state index contributed by atoms with van der Waals surface area (Å²) in [5, 5.41) is 9.15. The van der Waals surface area contributed by atoms with Crippen molar-refractivity contribution in [1.82, 2.24) is 0 Å². The third-order valence-electron chi connectivity index (χ3n) is 3.38. The minimum absolute atomic E-state index is 0.477. The van der Waals surface area contributed by atoms with Gasteiger partial charge in [-0.05, 0) is 43.7 Å². The summed E-state index contributed by atoms with van der Waals surface area (Å²) in [7, 11) is 0. The molecule has 1 saturated carbocycles. The zero-order valence-electron chi connectivity index (χ0n) is 7.88. The first-order chi connectivity index (χ1) is 6.72. The molecule has 0 aromatic carbocycles. The number of thiophene rings is 1.